The monoisotopic (exact) mass is 329 g/mol. The Morgan fingerprint density at radius 1 is 1.58 bits per heavy atom. The minimum absolute atomic E-state index is 0.219. The Kier molecular flexibility index (Phi) is 4.93. The van der Waals surface area contributed by atoms with E-state index >= 15 is 0 Å². The van der Waals surface area contributed by atoms with Gasteiger partial charge in [-0.05, 0) is 47.0 Å². The number of hydrogen-bond donors (Lipinski definition) is 1. The maximum absolute atomic E-state index is 13.1. The first-order valence-electron chi connectivity index (χ1n) is 6.46. The van der Waals surface area contributed by atoms with Gasteiger partial charge in [0.05, 0.1) is 11.7 Å². The minimum atomic E-state index is -0.413. The van der Waals surface area contributed by atoms with Crippen LogP contribution in [0.2, 0.25) is 0 Å². The molecule has 0 aromatic heterocycles. The fourth-order valence-electron chi connectivity index (χ4n) is 2.37. The normalized spacial score (nSPS) is 22.5. The van der Waals surface area contributed by atoms with Gasteiger partial charge < -0.3 is 10.1 Å². The number of carbonyl (C=O) groups is 1. The van der Waals surface area contributed by atoms with Crippen molar-refractivity contribution in [2.75, 3.05) is 13.2 Å². The van der Waals surface area contributed by atoms with Gasteiger partial charge in [-0.1, -0.05) is 6.92 Å². The molecule has 2 rings (SSSR count). The van der Waals surface area contributed by atoms with Gasteiger partial charge in [0.15, 0.2) is 0 Å². The number of rotatable bonds is 4. The zero-order valence-corrected chi connectivity index (χ0v) is 12.4. The molecule has 0 saturated carbocycles. The van der Waals surface area contributed by atoms with Crippen molar-refractivity contribution in [1.29, 1.82) is 0 Å². The number of halogens is 2. The number of nitrogens with one attached hydrogen (secondary N) is 1. The molecule has 1 aliphatic rings. The van der Waals surface area contributed by atoms with E-state index in [2.05, 4.69) is 28.2 Å². The van der Waals surface area contributed by atoms with Crippen molar-refractivity contribution in [1.82, 2.24) is 5.32 Å². The second-order valence-electron chi connectivity index (χ2n) is 4.70. The Labute approximate surface area is 120 Å². The van der Waals surface area contributed by atoms with Crippen LogP contribution >= 0.6 is 15.9 Å². The first kappa shape index (κ1) is 14.5. The van der Waals surface area contributed by atoms with Crippen LogP contribution in [0.3, 0.4) is 0 Å². The van der Waals surface area contributed by atoms with E-state index in [9.17, 15) is 9.18 Å². The van der Waals surface area contributed by atoms with Crippen molar-refractivity contribution >= 4 is 21.8 Å². The fourth-order valence-corrected chi connectivity index (χ4v) is 2.79. The van der Waals surface area contributed by atoms with E-state index < -0.39 is 5.82 Å². The molecule has 0 radical (unpaired) electrons. The third kappa shape index (κ3) is 3.54. The maximum atomic E-state index is 13.1. The van der Waals surface area contributed by atoms with Crippen LogP contribution in [-0.2, 0) is 4.74 Å². The summed E-state index contributed by atoms with van der Waals surface area (Å²) in [6.07, 6.45) is 2.13. The zero-order valence-electron chi connectivity index (χ0n) is 10.8. The topological polar surface area (TPSA) is 38.3 Å². The van der Waals surface area contributed by atoms with Crippen molar-refractivity contribution in [3.63, 3.8) is 0 Å². The van der Waals surface area contributed by atoms with Crippen molar-refractivity contribution in [3.05, 3.63) is 34.1 Å². The van der Waals surface area contributed by atoms with Crippen LogP contribution in [-0.4, -0.2) is 25.2 Å². The van der Waals surface area contributed by atoms with Crippen LogP contribution in [0.1, 0.15) is 30.1 Å². The highest BCUT2D eigenvalue weighted by Crippen LogP contribution is 2.23. The number of amides is 1. The molecule has 0 spiro atoms. The van der Waals surface area contributed by atoms with Gasteiger partial charge in [0.1, 0.15) is 5.82 Å². The molecule has 3 nitrogen and oxygen atoms in total. The highest BCUT2D eigenvalue weighted by molar-refractivity contribution is 9.10. The zero-order chi connectivity index (χ0) is 13.8. The number of ether oxygens (including phenoxy) is 1. The molecule has 19 heavy (non-hydrogen) atoms. The summed E-state index contributed by atoms with van der Waals surface area (Å²) in [5.41, 5.74) is 0.326. The summed E-state index contributed by atoms with van der Waals surface area (Å²) in [6.45, 7) is 3.40. The third-order valence-electron chi connectivity index (χ3n) is 3.45. The molecule has 104 valence electrons. The van der Waals surface area contributed by atoms with Gasteiger partial charge in [0.2, 0.25) is 0 Å². The van der Waals surface area contributed by atoms with Gasteiger partial charge in [-0.25, -0.2) is 4.39 Å². The first-order chi connectivity index (χ1) is 9.11. The second-order valence-corrected chi connectivity index (χ2v) is 5.55. The average Bonchev–Trinajstić information content (AvgIpc) is 2.86. The molecular formula is C14H17BrFNO2. The maximum Gasteiger partial charge on any atom is 0.252 e. The van der Waals surface area contributed by atoms with Crippen LogP contribution in [0, 0.1) is 11.7 Å². The van der Waals surface area contributed by atoms with E-state index in [1.807, 2.05) is 0 Å². The van der Waals surface area contributed by atoms with Crippen molar-refractivity contribution in [2.45, 2.75) is 25.9 Å². The largest absolute Gasteiger partial charge is 0.378 e. The van der Waals surface area contributed by atoms with Crippen LogP contribution in [0.5, 0.6) is 0 Å². The second kappa shape index (κ2) is 6.48. The molecule has 1 aliphatic heterocycles. The summed E-state index contributed by atoms with van der Waals surface area (Å²) < 4.78 is 19.3. The fraction of sp³-hybridized carbons (Fsp3) is 0.500. The summed E-state index contributed by atoms with van der Waals surface area (Å²) in [6, 6.07) is 4.10. The van der Waals surface area contributed by atoms with Gasteiger partial charge in [-0.3, -0.25) is 4.79 Å². The molecule has 1 N–H and O–H groups in total. The van der Waals surface area contributed by atoms with Gasteiger partial charge in [-0.15, -0.1) is 0 Å². The summed E-state index contributed by atoms with van der Waals surface area (Å²) in [7, 11) is 0. The lowest BCUT2D eigenvalue weighted by atomic mass is 9.99. The van der Waals surface area contributed by atoms with Crippen LogP contribution < -0.4 is 5.32 Å². The third-order valence-corrected chi connectivity index (χ3v) is 4.14. The summed E-state index contributed by atoms with van der Waals surface area (Å²) >= 11 is 3.26. The quantitative estimate of drug-likeness (QED) is 0.921. The molecule has 2 unspecified atom stereocenters. The van der Waals surface area contributed by atoms with Gasteiger partial charge in [-0.2, -0.15) is 0 Å². The molecule has 2 atom stereocenters. The summed E-state index contributed by atoms with van der Waals surface area (Å²) in [5.74, 6) is -0.321. The van der Waals surface area contributed by atoms with E-state index in [0.29, 0.717) is 22.5 Å². The summed E-state index contributed by atoms with van der Waals surface area (Å²) in [4.78, 5) is 12.0. The molecule has 1 heterocycles. The van der Waals surface area contributed by atoms with E-state index in [1.54, 1.807) is 0 Å². The Balaban J connectivity index is 1.96. The number of benzene rings is 1. The highest BCUT2D eigenvalue weighted by atomic mass is 79.9. The van der Waals surface area contributed by atoms with E-state index in [0.717, 1.165) is 19.4 Å². The van der Waals surface area contributed by atoms with Crippen molar-refractivity contribution in [3.8, 4) is 0 Å². The molecule has 1 fully saturated rings. The summed E-state index contributed by atoms with van der Waals surface area (Å²) in [5, 5.41) is 2.86. The standard InChI is InChI=1S/C14H17BrFNO2/c1-2-13-9(5-6-19-13)8-17-14(18)11-7-10(16)3-4-12(11)15/h3-4,7,9,13H,2,5-6,8H2,1H3,(H,17,18). The Morgan fingerprint density at radius 3 is 3.11 bits per heavy atom. The number of hydrogen-bond acceptors (Lipinski definition) is 2. The number of carbonyl (C=O) groups excluding carboxylic acids is 1. The van der Waals surface area contributed by atoms with Crippen LogP contribution in [0.25, 0.3) is 0 Å². The predicted molar refractivity (Wildman–Crippen MR) is 74.6 cm³/mol. The lowest BCUT2D eigenvalue weighted by Crippen LogP contribution is -2.32. The molecule has 1 aromatic carbocycles. The van der Waals surface area contributed by atoms with E-state index in [1.165, 1.54) is 18.2 Å². The predicted octanol–water partition coefficient (Wildman–Crippen LogP) is 3.13. The Bertz CT molecular complexity index is 467. The molecular weight excluding hydrogens is 313 g/mol. The lowest BCUT2D eigenvalue weighted by Gasteiger charge is -2.17. The first-order valence-corrected chi connectivity index (χ1v) is 7.26. The Hall–Kier alpha value is -0.940. The van der Waals surface area contributed by atoms with Gasteiger partial charge in [0.25, 0.3) is 5.91 Å². The molecule has 0 bridgehead atoms. The van der Waals surface area contributed by atoms with Gasteiger partial charge >= 0.3 is 0 Å². The molecule has 0 aliphatic carbocycles. The minimum Gasteiger partial charge on any atom is -0.378 e. The molecule has 1 amide bonds. The van der Waals surface area contributed by atoms with Crippen LogP contribution in [0.4, 0.5) is 4.39 Å². The molecule has 5 heteroatoms. The molecule has 1 aromatic rings. The van der Waals surface area contributed by atoms with Crippen LogP contribution in [0.15, 0.2) is 22.7 Å². The van der Waals surface area contributed by atoms with Crippen molar-refractivity contribution < 1.29 is 13.9 Å². The SMILES string of the molecule is CCC1OCCC1CNC(=O)c1cc(F)ccc1Br. The molecule has 1 saturated heterocycles. The van der Waals surface area contributed by atoms with E-state index in [-0.39, 0.29) is 12.0 Å². The smallest absolute Gasteiger partial charge is 0.252 e. The Morgan fingerprint density at radius 2 is 2.37 bits per heavy atom. The average molecular weight is 330 g/mol. The highest BCUT2D eigenvalue weighted by Gasteiger charge is 2.27. The van der Waals surface area contributed by atoms with Gasteiger partial charge in [0, 0.05) is 23.5 Å². The van der Waals surface area contributed by atoms with Crippen molar-refractivity contribution in [2.24, 2.45) is 5.92 Å². The van der Waals surface area contributed by atoms with E-state index in [4.69, 9.17) is 4.74 Å². The lowest BCUT2D eigenvalue weighted by molar-refractivity contribution is 0.0826.